The molecule has 0 spiro atoms. The molecule has 2 rings (SSSR count). The van der Waals surface area contributed by atoms with Gasteiger partial charge >= 0.3 is 0 Å². The van der Waals surface area contributed by atoms with Gasteiger partial charge in [-0.15, -0.1) is 0 Å². The first-order valence-corrected chi connectivity index (χ1v) is 4.79. The van der Waals surface area contributed by atoms with Crippen molar-refractivity contribution in [2.75, 3.05) is 11.9 Å². The normalized spacial score (nSPS) is 13.6. The highest BCUT2D eigenvalue weighted by molar-refractivity contribution is 6.01. The van der Waals surface area contributed by atoms with Crippen molar-refractivity contribution in [3.8, 4) is 0 Å². The van der Waals surface area contributed by atoms with Gasteiger partial charge in [-0.25, -0.2) is 0 Å². The maximum absolute atomic E-state index is 11.6. The van der Waals surface area contributed by atoms with E-state index in [9.17, 15) is 4.79 Å². The summed E-state index contributed by atoms with van der Waals surface area (Å²) in [6, 6.07) is 9.68. The van der Waals surface area contributed by atoms with Crippen molar-refractivity contribution in [1.29, 1.82) is 0 Å². The first-order valence-electron chi connectivity index (χ1n) is 4.79. The lowest BCUT2D eigenvalue weighted by molar-refractivity contribution is -0.113. The van der Waals surface area contributed by atoms with Crippen LogP contribution in [0.25, 0.3) is 0 Å². The van der Waals surface area contributed by atoms with Crippen LogP contribution in [-0.2, 0) is 4.79 Å². The van der Waals surface area contributed by atoms with Crippen LogP contribution in [0.5, 0.6) is 0 Å². The molecule has 1 saturated carbocycles. The quantitative estimate of drug-likeness (QED) is 0.651. The molecule has 1 aromatic rings. The second kappa shape index (κ2) is 3.66. The smallest absolute Gasteiger partial charge is 0.250 e. The van der Waals surface area contributed by atoms with Crippen LogP contribution < -0.4 is 4.90 Å². The fourth-order valence-electron chi connectivity index (χ4n) is 1.27. The number of amides is 1. The van der Waals surface area contributed by atoms with Crippen LogP contribution in [0.3, 0.4) is 0 Å². The zero-order chi connectivity index (χ0) is 9.97. The van der Waals surface area contributed by atoms with Crippen LogP contribution in [0.4, 0.5) is 5.69 Å². The number of carbonyl (C=O) groups is 1. The van der Waals surface area contributed by atoms with Gasteiger partial charge in [-0.05, 0) is 25.0 Å². The molecule has 14 heavy (non-hydrogen) atoms. The number of allylic oxidation sites excluding steroid dienone is 1. The lowest BCUT2D eigenvalue weighted by Gasteiger charge is -2.14. The van der Waals surface area contributed by atoms with E-state index in [0.717, 1.165) is 18.5 Å². The second-order valence-electron chi connectivity index (χ2n) is 3.54. The molecule has 0 atom stereocenters. The lowest BCUT2D eigenvalue weighted by atomic mass is 10.3. The Balaban J connectivity index is 2.11. The third-order valence-electron chi connectivity index (χ3n) is 2.34. The van der Waals surface area contributed by atoms with Gasteiger partial charge in [0.05, 0.1) is 0 Å². The van der Waals surface area contributed by atoms with Crippen molar-refractivity contribution < 1.29 is 4.79 Å². The number of nitrogens with zero attached hydrogens (tertiary/aromatic N) is 1. The molecule has 1 aromatic carbocycles. The SMILES string of the molecule is CN(C(=O)C=C1CC1)c1ccccc1. The molecule has 2 nitrogen and oxygen atoms in total. The van der Waals surface area contributed by atoms with E-state index in [0.29, 0.717) is 0 Å². The molecular weight excluding hydrogens is 174 g/mol. The summed E-state index contributed by atoms with van der Waals surface area (Å²) in [5, 5.41) is 0. The Bertz CT molecular complexity index is 361. The van der Waals surface area contributed by atoms with E-state index in [1.54, 1.807) is 18.0 Å². The van der Waals surface area contributed by atoms with E-state index < -0.39 is 0 Å². The van der Waals surface area contributed by atoms with Crippen molar-refractivity contribution in [3.63, 3.8) is 0 Å². The molecule has 0 bridgehead atoms. The van der Waals surface area contributed by atoms with Crippen LogP contribution in [0, 0.1) is 0 Å². The molecule has 0 aliphatic heterocycles. The molecule has 0 unspecified atom stereocenters. The van der Waals surface area contributed by atoms with Crippen LogP contribution in [0.2, 0.25) is 0 Å². The summed E-state index contributed by atoms with van der Waals surface area (Å²) in [7, 11) is 1.80. The fraction of sp³-hybridized carbons (Fsp3) is 0.250. The number of benzene rings is 1. The number of hydrogen-bond donors (Lipinski definition) is 0. The zero-order valence-electron chi connectivity index (χ0n) is 8.23. The minimum absolute atomic E-state index is 0.0729. The van der Waals surface area contributed by atoms with Gasteiger partial charge in [0.25, 0.3) is 5.91 Å². The summed E-state index contributed by atoms with van der Waals surface area (Å²) in [4.78, 5) is 13.3. The van der Waals surface area contributed by atoms with E-state index in [4.69, 9.17) is 0 Å². The second-order valence-corrected chi connectivity index (χ2v) is 3.54. The highest BCUT2D eigenvalue weighted by Gasteiger charge is 2.15. The number of anilines is 1. The molecule has 2 heteroatoms. The molecule has 0 radical (unpaired) electrons. The maximum atomic E-state index is 11.6. The van der Waals surface area contributed by atoms with Crippen molar-refractivity contribution >= 4 is 11.6 Å². The van der Waals surface area contributed by atoms with Gasteiger partial charge in [0.15, 0.2) is 0 Å². The predicted octanol–water partition coefficient (Wildman–Crippen LogP) is 2.37. The monoisotopic (exact) mass is 187 g/mol. The minimum atomic E-state index is 0.0729. The van der Waals surface area contributed by atoms with Gasteiger partial charge < -0.3 is 4.90 Å². The number of para-hydroxylation sites is 1. The molecule has 1 fully saturated rings. The van der Waals surface area contributed by atoms with E-state index in [1.807, 2.05) is 30.3 Å². The van der Waals surface area contributed by atoms with Gasteiger partial charge in [0.2, 0.25) is 0 Å². The highest BCUT2D eigenvalue weighted by Crippen LogP contribution is 2.27. The average Bonchev–Trinajstić information content (AvgIpc) is 3.02. The molecule has 1 aliphatic rings. The predicted molar refractivity (Wildman–Crippen MR) is 57.2 cm³/mol. The van der Waals surface area contributed by atoms with Gasteiger partial charge in [-0.1, -0.05) is 23.8 Å². The van der Waals surface area contributed by atoms with E-state index in [1.165, 1.54) is 5.57 Å². The topological polar surface area (TPSA) is 20.3 Å². The largest absolute Gasteiger partial charge is 0.312 e. The Morgan fingerprint density at radius 2 is 1.93 bits per heavy atom. The van der Waals surface area contributed by atoms with Crippen molar-refractivity contribution in [2.45, 2.75) is 12.8 Å². The summed E-state index contributed by atoms with van der Waals surface area (Å²) in [6.45, 7) is 0. The summed E-state index contributed by atoms with van der Waals surface area (Å²) in [6.07, 6.45) is 3.93. The van der Waals surface area contributed by atoms with Crippen molar-refractivity contribution in [3.05, 3.63) is 42.0 Å². The first-order chi connectivity index (χ1) is 6.77. The lowest BCUT2D eigenvalue weighted by Crippen LogP contribution is -2.23. The first kappa shape index (κ1) is 9.00. The van der Waals surface area contributed by atoms with Crippen LogP contribution in [0.1, 0.15) is 12.8 Å². The van der Waals surface area contributed by atoms with E-state index in [2.05, 4.69) is 0 Å². The molecule has 1 aliphatic carbocycles. The van der Waals surface area contributed by atoms with Crippen molar-refractivity contribution in [1.82, 2.24) is 0 Å². The molecule has 0 heterocycles. The number of carbonyl (C=O) groups excluding carboxylic acids is 1. The molecule has 0 N–H and O–H groups in total. The Labute approximate surface area is 83.8 Å². The Morgan fingerprint density at radius 3 is 2.50 bits per heavy atom. The minimum Gasteiger partial charge on any atom is -0.312 e. The standard InChI is InChI=1S/C12H13NO/c1-13(11-5-3-2-4-6-11)12(14)9-10-7-8-10/h2-6,9H,7-8H2,1H3. The third kappa shape index (κ3) is 2.02. The van der Waals surface area contributed by atoms with Crippen molar-refractivity contribution in [2.24, 2.45) is 0 Å². The summed E-state index contributed by atoms with van der Waals surface area (Å²) in [5.74, 6) is 0.0729. The van der Waals surface area contributed by atoms with Crippen LogP contribution in [0.15, 0.2) is 42.0 Å². The Kier molecular flexibility index (Phi) is 2.35. The molecule has 0 saturated heterocycles. The average molecular weight is 187 g/mol. The molecule has 0 aromatic heterocycles. The van der Waals surface area contributed by atoms with E-state index >= 15 is 0 Å². The van der Waals surface area contributed by atoms with Gasteiger partial charge in [-0.2, -0.15) is 0 Å². The van der Waals surface area contributed by atoms with Gasteiger partial charge in [-0.3, -0.25) is 4.79 Å². The van der Waals surface area contributed by atoms with Crippen LogP contribution in [-0.4, -0.2) is 13.0 Å². The Hall–Kier alpha value is -1.57. The molecule has 72 valence electrons. The van der Waals surface area contributed by atoms with Crippen LogP contribution >= 0.6 is 0 Å². The summed E-state index contributed by atoms with van der Waals surface area (Å²) in [5.41, 5.74) is 2.20. The summed E-state index contributed by atoms with van der Waals surface area (Å²) >= 11 is 0. The molecular formula is C12H13NO. The third-order valence-corrected chi connectivity index (χ3v) is 2.34. The molecule has 1 amide bonds. The Morgan fingerprint density at radius 1 is 1.29 bits per heavy atom. The number of hydrogen-bond acceptors (Lipinski definition) is 1. The number of rotatable bonds is 2. The zero-order valence-corrected chi connectivity index (χ0v) is 8.23. The highest BCUT2D eigenvalue weighted by atomic mass is 16.2. The maximum Gasteiger partial charge on any atom is 0.250 e. The van der Waals surface area contributed by atoms with E-state index in [-0.39, 0.29) is 5.91 Å². The van der Waals surface area contributed by atoms with Gasteiger partial charge in [0.1, 0.15) is 0 Å². The van der Waals surface area contributed by atoms with Gasteiger partial charge in [0, 0.05) is 18.8 Å². The fourth-order valence-corrected chi connectivity index (χ4v) is 1.27. The number of likely N-dealkylation sites (N-methyl/N-ethyl adjacent to an activating group) is 1. The summed E-state index contributed by atoms with van der Waals surface area (Å²) < 4.78 is 0.